The Balaban J connectivity index is 2.77. The van der Waals surface area contributed by atoms with E-state index in [0.29, 0.717) is 10.0 Å². The van der Waals surface area contributed by atoms with Gasteiger partial charge in [-0.05, 0) is 42.4 Å². The summed E-state index contributed by atoms with van der Waals surface area (Å²) in [6.07, 6.45) is 1.85. The Labute approximate surface area is 98.0 Å². The molecule has 0 spiro atoms. The van der Waals surface area contributed by atoms with E-state index in [9.17, 15) is 4.39 Å². The molecule has 0 N–H and O–H groups in total. The van der Waals surface area contributed by atoms with Gasteiger partial charge >= 0.3 is 0 Å². The fourth-order valence-electron chi connectivity index (χ4n) is 0.921. The smallest absolute Gasteiger partial charge is 0.139 e. The number of hydrogen-bond acceptors (Lipinski definition) is 0. The molecule has 0 radical (unpaired) electrons. The summed E-state index contributed by atoms with van der Waals surface area (Å²) in [6, 6.07) is 4.78. The van der Waals surface area contributed by atoms with Crippen molar-refractivity contribution in [2.24, 2.45) is 0 Å². The van der Waals surface area contributed by atoms with Gasteiger partial charge in [-0.2, -0.15) is 0 Å². The third kappa shape index (κ3) is 4.19. The maximum atomic E-state index is 13.2. The maximum absolute atomic E-state index is 13.2. The van der Waals surface area contributed by atoms with E-state index in [-0.39, 0.29) is 5.82 Å². The molecule has 0 atom stereocenters. The lowest BCUT2D eigenvalue weighted by atomic mass is 10.2. The summed E-state index contributed by atoms with van der Waals surface area (Å²) in [6.45, 7) is 2.05. The van der Waals surface area contributed by atoms with E-state index in [1.165, 1.54) is 6.07 Å². The molecule has 76 valence electrons. The minimum absolute atomic E-state index is 0.325. The maximum Gasteiger partial charge on any atom is 0.139 e. The predicted octanol–water partition coefficient (Wildman–Crippen LogP) is 3.74. The lowest BCUT2D eigenvalue weighted by Gasteiger charge is -1.93. The van der Waals surface area contributed by atoms with Crippen molar-refractivity contribution < 1.29 is 4.39 Å². The molecule has 0 amide bonds. The van der Waals surface area contributed by atoms with Gasteiger partial charge in [0.25, 0.3) is 0 Å². The average Bonchev–Trinajstić information content (AvgIpc) is 2.20. The van der Waals surface area contributed by atoms with Gasteiger partial charge in [-0.15, -0.1) is 0 Å². The van der Waals surface area contributed by atoms with E-state index in [0.717, 1.165) is 12.8 Å². The Morgan fingerprint density at radius 3 is 2.80 bits per heavy atom. The van der Waals surface area contributed by atoms with Crippen LogP contribution in [-0.4, -0.2) is 0 Å². The van der Waals surface area contributed by atoms with Gasteiger partial charge in [0.15, 0.2) is 0 Å². The van der Waals surface area contributed by atoms with Crippen molar-refractivity contribution in [2.45, 2.75) is 19.8 Å². The minimum atomic E-state index is -0.325. The highest BCUT2D eigenvalue weighted by molar-refractivity contribution is 9.10. The lowest BCUT2D eigenvalue weighted by molar-refractivity contribution is 0.623. The summed E-state index contributed by atoms with van der Waals surface area (Å²) in [5.41, 5.74) is 0.379. The van der Waals surface area contributed by atoms with Crippen LogP contribution in [0.2, 0.25) is 0 Å². The van der Waals surface area contributed by atoms with Crippen LogP contribution < -0.4 is 0 Å². The molecule has 0 fully saturated rings. The predicted molar refractivity (Wildman–Crippen MR) is 63.7 cm³/mol. The molecule has 0 nitrogen and oxygen atoms in total. The quantitative estimate of drug-likeness (QED) is 0.678. The van der Waals surface area contributed by atoms with Gasteiger partial charge in [0.1, 0.15) is 5.82 Å². The lowest BCUT2D eigenvalue weighted by Crippen LogP contribution is -1.81. The fraction of sp³-hybridized carbons (Fsp3) is 0.231. The SMILES string of the molecule is CCCC#CC#Cc1ccc(Br)cc1F. The van der Waals surface area contributed by atoms with Crippen molar-refractivity contribution in [1.82, 2.24) is 0 Å². The van der Waals surface area contributed by atoms with Gasteiger partial charge < -0.3 is 0 Å². The first-order valence-corrected chi connectivity index (χ1v) is 5.47. The van der Waals surface area contributed by atoms with Gasteiger partial charge in [0.2, 0.25) is 0 Å². The first-order chi connectivity index (χ1) is 7.24. The second kappa shape index (κ2) is 6.27. The topological polar surface area (TPSA) is 0 Å². The van der Waals surface area contributed by atoms with Crippen LogP contribution in [-0.2, 0) is 0 Å². The van der Waals surface area contributed by atoms with E-state index >= 15 is 0 Å². The number of hydrogen-bond donors (Lipinski definition) is 0. The van der Waals surface area contributed by atoms with Crippen molar-refractivity contribution in [3.63, 3.8) is 0 Å². The third-order valence-electron chi connectivity index (χ3n) is 1.65. The van der Waals surface area contributed by atoms with E-state index in [1.54, 1.807) is 12.1 Å². The van der Waals surface area contributed by atoms with Crippen molar-refractivity contribution in [3.05, 3.63) is 34.1 Å². The van der Waals surface area contributed by atoms with Crippen molar-refractivity contribution >= 4 is 15.9 Å². The van der Waals surface area contributed by atoms with Gasteiger partial charge in [-0.1, -0.05) is 28.8 Å². The second-order valence-corrected chi connectivity index (χ2v) is 3.84. The first kappa shape index (κ1) is 11.8. The summed E-state index contributed by atoms with van der Waals surface area (Å²) in [4.78, 5) is 0. The normalized spacial score (nSPS) is 8.47. The van der Waals surface area contributed by atoms with Crippen LogP contribution in [0.5, 0.6) is 0 Å². The second-order valence-electron chi connectivity index (χ2n) is 2.93. The molecule has 0 saturated heterocycles. The van der Waals surface area contributed by atoms with Crippen LogP contribution in [0.1, 0.15) is 25.3 Å². The molecule has 15 heavy (non-hydrogen) atoms. The van der Waals surface area contributed by atoms with Crippen molar-refractivity contribution in [2.75, 3.05) is 0 Å². The molecule has 1 aromatic carbocycles. The van der Waals surface area contributed by atoms with Crippen molar-refractivity contribution in [1.29, 1.82) is 0 Å². The molecule has 2 heteroatoms. The highest BCUT2D eigenvalue weighted by Crippen LogP contribution is 2.14. The molecule has 0 aliphatic heterocycles. The number of rotatable bonds is 1. The van der Waals surface area contributed by atoms with Crippen LogP contribution in [0.4, 0.5) is 4.39 Å². The van der Waals surface area contributed by atoms with E-state index < -0.39 is 0 Å². The highest BCUT2D eigenvalue weighted by Gasteiger charge is 1.97. The molecule has 0 aliphatic rings. The molecule has 1 aromatic rings. The zero-order valence-electron chi connectivity index (χ0n) is 8.40. The third-order valence-corrected chi connectivity index (χ3v) is 2.15. The summed E-state index contributed by atoms with van der Waals surface area (Å²) < 4.78 is 14.0. The van der Waals surface area contributed by atoms with Crippen LogP contribution >= 0.6 is 15.9 Å². The standard InChI is InChI=1S/C13H10BrF/c1-2-3-4-5-6-7-11-8-9-12(14)10-13(11)15/h8-10H,2-3H2,1H3. The van der Waals surface area contributed by atoms with Crippen LogP contribution in [0.25, 0.3) is 0 Å². The van der Waals surface area contributed by atoms with Gasteiger partial charge in [0.05, 0.1) is 5.56 Å². The molecule has 0 heterocycles. The zero-order valence-corrected chi connectivity index (χ0v) is 9.99. The van der Waals surface area contributed by atoms with Gasteiger partial charge in [-0.25, -0.2) is 4.39 Å². The Morgan fingerprint density at radius 1 is 1.33 bits per heavy atom. The highest BCUT2D eigenvalue weighted by atomic mass is 79.9. The van der Waals surface area contributed by atoms with E-state index in [2.05, 4.69) is 46.5 Å². The summed E-state index contributed by atoms with van der Waals surface area (Å²) in [5.74, 6) is 10.6. The molecule has 0 aliphatic carbocycles. The average molecular weight is 265 g/mol. The van der Waals surface area contributed by atoms with Crippen LogP contribution in [0, 0.1) is 29.5 Å². The molecule has 0 unspecified atom stereocenters. The Hall–Kier alpha value is -1.25. The zero-order chi connectivity index (χ0) is 11.1. The van der Waals surface area contributed by atoms with E-state index in [4.69, 9.17) is 0 Å². The Bertz CT molecular complexity index is 455. The molecular formula is C13H10BrF. The Morgan fingerprint density at radius 2 is 2.13 bits per heavy atom. The summed E-state index contributed by atoms with van der Waals surface area (Å²) in [7, 11) is 0. The molecule has 1 rings (SSSR count). The van der Waals surface area contributed by atoms with Crippen molar-refractivity contribution in [3.8, 4) is 23.7 Å². The molecule has 0 aromatic heterocycles. The minimum Gasteiger partial charge on any atom is -0.206 e. The molecular weight excluding hydrogens is 255 g/mol. The first-order valence-electron chi connectivity index (χ1n) is 4.68. The Kier molecular flexibility index (Phi) is 4.95. The number of halogens is 2. The summed E-state index contributed by atoms with van der Waals surface area (Å²) >= 11 is 3.18. The van der Waals surface area contributed by atoms with Gasteiger partial charge in [-0.3, -0.25) is 0 Å². The van der Waals surface area contributed by atoms with Crippen LogP contribution in [0.3, 0.4) is 0 Å². The molecule has 0 saturated carbocycles. The van der Waals surface area contributed by atoms with Crippen LogP contribution in [0.15, 0.2) is 22.7 Å². The fourth-order valence-corrected chi connectivity index (χ4v) is 1.25. The van der Waals surface area contributed by atoms with E-state index in [1.807, 2.05) is 0 Å². The van der Waals surface area contributed by atoms with Gasteiger partial charge in [0, 0.05) is 10.9 Å². The number of unbranched alkanes of at least 4 members (excludes halogenated alkanes) is 1. The monoisotopic (exact) mass is 264 g/mol. The number of benzene rings is 1. The largest absolute Gasteiger partial charge is 0.206 e. The molecule has 0 bridgehead atoms. The summed E-state index contributed by atoms with van der Waals surface area (Å²) in [5, 5.41) is 0.